The van der Waals surface area contributed by atoms with Gasteiger partial charge in [0.05, 0.1) is 10.7 Å². The fourth-order valence-electron chi connectivity index (χ4n) is 3.87. The van der Waals surface area contributed by atoms with Gasteiger partial charge in [0.1, 0.15) is 23.4 Å². The van der Waals surface area contributed by atoms with Crippen LogP contribution in [0.2, 0.25) is 5.02 Å². The number of amides is 3. The molecule has 3 amide bonds. The summed E-state index contributed by atoms with van der Waals surface area (Å²) < 4.78 is 5.37. The molecule has 0 spiro atoms. The van der Waals surface area contributed by atoms with Gasteiger partial charge in [-0.3, -0.25) is 9.59 Å². The first-order valence-corrected chi connectivity index (χ1v) is 12.7. The van der Waals surface area contributed by atoms with Crippen LogP contribution < -0.4 is 10.6 Å². The number of hydrogen-bond acceptors (Lipinski definition) is 5. The van der Waals surface area contributed by atoms with E-state index < -0.39 is 35.6 Å². The van der Waals surface area contributed by atoms with Crippen molar-refractivity contribution < 1.29 is 24.2 Å². The van der Waals surface area contributed by atoms with Gasteiger partial charge in [0.2, 0.25) is 5.91 Å². The fourth-order valence-corrected chi connectivity index (χ4v) is 4.14. The zero-order valence-electron chi connectivity index (χ0n) is 22.8. The van der Waals surface area contributed by atoms with Crippen LogP contribution in [0.4, 0.5) is 10.5 Å². The second kappa shape index (κ2) is 12.3. The molecule has 0 aliphatic rings. The van der Waals surface area contributed by atoms with Gasteiger partial charge in [-0.25, -0.2) is 4.79 Å². The van der Waals surface area contributed by atoms with Crippen LogP contribution in [0, 0.1) is 19.8 Å². The Morgan fingerprint density at radius 1 is 1.08 bits per heavy atom. The number of phenolic OH excluding ortho intramolecular Hbond substituents is 1. The number of anilines is 1. The third-order valence-corrected chi connectivity index (χ3v) is 6.48. The molecule has 202 valence electrons. The van der Waals surface area contributed by atoms with Crippen molar-refractivity contribution in [1.29, 1.82) is 0 Å². The molecule has 0 aliphatic carbocycles. The Morgan fingerprint density at radius 2 is 1.68 bits per heavy atom. The van der Waals surface area contributed by atoms with E-state index in [9.17, 15) is 19.5 Å². The van der Waals surface area contributed by atoms with E-state index in [4.69, 9.17) is 16.3 Å². The summed E-state index contributed by atoms with van der Waals surface area (Å²) in [5.41, 5.74) is 1.21. The molecule has 2 rings (SSSR count). The largest absolute Gasteiger partial charge is 0.507 e. The highest BCUT2D eigenvalue weighted by atomic mass is 35.5. The predicted octanol–water partition coefficient (Wildman–Crippen LogP) is 5.74. The molecule has 0 aromatic heterocycles. The van der Waals surface area contributed by atoms with Crippen LogP contribution in [0.15, 0.2) is 36.4 Å². The van der Waals surface area contributed by atoms with Crippen LogP contribution in [0.3, 0.4) is 0 Å². The van der Waals surface area contributed by atoms with E-state index in [-0.39, 0.29) is 17.2 Å². The quantitative estimate of drug-likeness (QED) is 0.402. The van der Waals surface area contributed by atoms with Crippen LogP contribution >= 0.6 is 11.6 Å². The summed E-state index contributed by atoms with van der Waals surface area (Å²) in [6.07, 6.45) is -0.142. The second-order valence-corrected chi connectivity index (χ2v) is 10.7. The first-order chi connectivity index (χ1) is 17.2. The number of para-hydroxylation sites is 2. The average Bonchev–Trinajstić information content (AvgIpc) is 2.80. The molecule has 2 aromatic carbocycles. The van der Waals surface area contributed by atoms with Crippen LogP contribution in [0.1, 0.15) is 63.8 Å². The van der Waals surface area contributed by atoms with Gasteiger partial charge in [-0.1, -0.05) is 62.2 Å². The fraction of sp³-hybridized carbons (Fsp3) is 0.464. The van der Waals surface area contributed by atoms with Gasteiger partial charge in [0.15, 0.2) is 0 Å². The van der Waals surface area contributed by atoms with E-state index in [0.29, 0.717) is 22.7 Å². The number of nitrogens with zero attached hydrogens (tertiary/aromatic N) is 1. The molecule has 0 aliphatic heterocycles. The number of carbonyl (C=O) groups is 3. The maximum Gasteiger partial charge on any atom is 0.408 e. The lowest BCUT2D eigenvalue weighted by Crippen LogP contribution is -2.53. The standard InChI is InChI=1S/C28H38ClN3O5/c1-9-16(2)22(31-27(36)37-28(5,6)7)26(35)32(8)23(19-14-10-13-18(4)24(19)33)25(34)30-21-17(3)12-11-15-20(21)29/h10-16,22-23,33H,9H2,1-8H3,(H,30,34)(H,31,36). The van der Waals surface area contributed by atoms with Crippen molar-refractivity contribution in [3.63, 3.8) is 0 Å². The van der Waals surface area contributed by atoms with E-state index in [0.717, 1.165) is 5.56 Å². The highest BCUT2D eigenvalue weighted by Gasteiger charge is 2.37. The Morgan fingerprint density at radius 3 is 2.24 bits per heavy atom. The summed E-state index contributed by atoms with van der Waals surface area (Å²) in [6, 6.07) is 8.06. The van der Waals surface area contributed by atoms with Gasteiger partial charge in [0, 0.05) is 12.6 Å². The summed E-state index contributed by atoms with van der Waals surface area (Å²) >= 11 is 6.34. The third kappa shape index (κ3) is 7.61. The zero-order chi connectivity index (χ0) is 28.1. The van der Waals surface area contributed by atoms with E-state index >= 15 is 0 Å². The Kier molecular flexibility index (Phi) is 9.98. The first kappa shape index (κ1) is 30.0. The van der Waals surface area contributed by atoms with Crippen molar-refractivity contribution in [2.75, 3.05) is 12.4 Å². The molecule has 9 heteroatoms. The molecule has 0 bridgehead atoms. The number of benzene rings is 2. The number of carbonyl (C=O) groups excluding carboxylic acids is 3. The normalized spacial score (nSPS) is 13.8. The minimum Gasteiger partial charge on any atom is -0.507 e. The number of ether oxygens (including phenoxy) is 1. The number of hydrogen-bond donors (Lipinski definition) is 3. The summed E-state index contributed by atoms with van der Waals surface area (Å²) in [6.45, 7) is 12.4. The molecule has 2 aromatic rings. The lowest BCUT2D eigenvalue weighted by molar-refractivity contribution is -0.140. The molecule has 0 heterocycles. The highest BCUT2D eigenvalue weighted by Crippen LogP contribution is 2.34. The summed E-state index contributed by atoms with van der Waals surface area (Å²) in [7, 11) is 1.47. The van der Waals surface area contributed by atoms with E-state index in [1.54, 1.807) is 71.0 Å². The topological polar surface area (TPSA) is 108 Å². The van der Waals surface area contributed by atoms with Crippen molar-refractivity contribution >= 4 is 35.2 Å². The molecular weight excluding hydrogens is 494 g/mol. The monoisotopic (exact) mass is 531 g/mol. The van der Waals surface area contributed by atoms with Gasteiger partial charge < -0.3 is 25.4 Å². The lowest BCUT2D eigenvalue weighted by Gasteiger charge is -2.34. The molecule has 0 saturated heterocycles. The van der Waals surface area contributed by atoms with Crippen molar-refractivity contribution in [3.8, 4) is 5.75 Å². The third-order valence-electron chi connectivity index (χ3n) is 6.17. The highest BCUT2D eigenvalue weighted by molar-refractivity contribution is 6.34. The Balaban J connectivity index is 2.51. The Bertz CT molecular complexity index is 1120. The number of aromatic hydroxyl groups is 1. The second-order valence-electron chi connectivity index (χ2n) is 10.3. The van der Waals surface area contributed by atoms with Gasteiger partial charge >= 0.3 is 6.09 Å². The van der Waals surface area contributed by atoms with Gasteiger partial charge in [0.25, 0.3) is 5.91 Å². The van der Waals surface area contributed by atoms with E-state index in [1.807, 2.05) is 13.8 Å². The first-order valence-electron chi connectivity index (χ1n) is 12.3. The molecule has 0 saturated carbocycles. The van der Waals surface area contributed by atoms with Crippen LogP contribution in [0.5, 0.6) is 5.75 Å². The van der Waals surface area contributed by atoms with E-state index in [1.165, 1.54) is 11.9 Å². The van der Waals surface area contributed by atoms with Gasteiger partial charge in [-0.2, -0.15) is 0 Å². The SMILES string of the molecule is CCC(C)C(NC(=O)OC(C)(C)C)C(=O)N(C)C(C(=O)Nc1c(C)cccc1Cl)c1cccc(C)c1O. The minimum absolute atomic E-state index is 0.0987. The van der Waals surface area contributed by atoms with Gasteiger partial charge in [-0.15, -0.1) is 0 Å². The maximum atomic E-state index is 13.8. The van der Waals surface area contributed by atoms with Crippen LogP contribution in [0.25, 0.3) is 0 Å². The Hall–Kier alpha value is -3.26. The van der Waals surface area contributed by atoms with Crippen LogP contribution in [-0.2, 0) is 14.3 Å². The zero-order valence-corrected chi connectivity index (χ0v) is 23.6. The average molecular weight is 532 g/mol. The number of alkyl carbamates (subject to hydrolysis) is 1. The van der Waals surface area contributed by atoms with Crippen molar-refractivity contribution in [2.45, 2.75) is 72.6 Å². The van der Waals surface area contributed by atoms with Crippen LogP contribution in [-0.4, -0.2) is 46.6 Å². The molecule has 37 heavy (non-hydrogen) atoms. The minimum atomic E-state index is -1.21. The smallest absolute Gasteiger partial charge is 0.408 e. The van der Waals surface area contributed by atoms with Crippen molar-refractivity contribution in [3.05, 3.63) is 58.1 Å². The Labute approximate surface area is 224 Å². The predicted molar refractivity (Wildman–Crippen MR) is 146 cm³/mol. The summed E-state index contributed by atoms with van der Waals surface area (Å²) in [4.78, 5) is 41.3. The molecule has 3 N–H and O–H groups in total. The van der Waals surface area contributed by atoms with Crippen molar-refractivity contribution in [1.82, 2.24) is 10.2 Å². The molecule has 3 atom stereocenters. The summed E-state index contributed by atoms with van der Waals surface area (Å²) in [5.74, 6) is -1.42. The molecule has 0 fully saturated rings. The molecule has 0 radical (unpaired) electrons. The van der Waals surface area contributed by atoms with E-state index in [2.05, 4.69) is 10.6 Å². The number of likely N-dealkylation sites (N-methyl/N-ethyl adjacent to an activating group) is 1. The van der Waals surface area contributed by atoms with Gasteiger partial charge in [-0.05, 0) is 57.7 Å². The molecule has 3 unspecified atom stereocenters. The number of phenols is 1. The number of aryl methyl sites for hydroxylation is 2. The number of nitrogens with one attached hydrogen (secondary N) is 2. The lowest BCUT2D eigenvalue weighted by atomic mass is 9.95. The molecular formula is C28H38ClN3O5. The molecule has 8 nitrogen and oxygen atoms in total. The number of halogens is 1. The number of rotatable bonds is 8. The maximum absolute atomic E-state index is 13.8. The summed E-state index contributed by atoms with van der Waals surface area (Å²) in [5, 5.41) is 16.7. The van der Waals surface area contributed by atoms with Crippen molar-refractivity contribution in [2.24, 2.45) is 5.92 Å².